The molecule has 1 aliphatic rings. The van der Waals surface area contributed by atoms with E-state index in [0.717, 1.165) is 36.4 Å². The highest BCUT2D eigenvalue weighted by Gasteiger charge is 2.35. The van der Waals surface area contributed by atoms with Crippen molar-refractivity contribution in [1.82, 2.24) is 0 Å². The number of ether oxygens (including phenoxy) is 2. The molecule has 35 heavy (non-hydrogen) atoms. The van der Waals surface area contributed by atoms with Gasteiger partial charge in [0.1, 0.15) is 18.2 Å². The number of anilines is 1. The molecule has 1 heterocycles. The standard InChI is InChI=1S/C22H14F7NO4S/c23-15-6-12(7-16(11-15)34-21(25)26)13-8-18(24)20-19(9-13)30(4-5-33-20)35(31,32)17-3-1-2-14(10-17)22(27,28)29/h1-3,6-11,21H,4-5H2. The molecule has 3 aromatic carbocycles. The lowest BCUT2D eigenvalue weighted by Crippen LogP contribution is -2.38. The third-order valence-corrected chi connectivity index (χ3v) is 6.82. The Morgan fingerprint density at radius 3 is 2.37 bits per heavy atom. The summed E-state index contributed by atoms with van der Waals surface area (Å²) in [6, 6.07) is 7.56. The molecule has 0 saturated heterocycles. The lowest BCUT2D eigenvalue weighted by Gasteiger charge is -2.31. The summed E-state index contributed by atoms with van der Waals surface area (Å²) in [6.07, 6.45) is -4.80. The van der Waals surface area contributed by atoms with Gasteiger partial charge >= 0.3 is 12.8 Å². The predicted octanol–water partition coefficient (Wildman–Crippen LogP) is 5.84. The lowest BCUT2D eigenvalue weighted by atomic mass is 10.0. The zero-order valence-corrected chi connectivity index (χ0v) is 18.1. The van der Waals surface area contributed by atoms with Crippen LogP contribution in [-0.4, -0.2) is 28.2 Å². The first-order valence-electron chi connectivity index (χ1n) is 9.78. The number of nitrogens with zero attached hydrogens (tertiary/aromatic N) is 1. The van der Waals surface area contributed by atoms with E-state index in [-0.39, 0.29) is 30.0 Å². The van der Waals surface area contributed by atoms with E-state index in [1.165, 1.54) is 0 Å². The smallest absolute Gasteiger partial charge is 0.416 e. The number of benzene rings is 3. The van der Waals surface area contributed by atoms with Crippen molar-refractivity contribution in [2.45, 2.75) is 17.7 Å². The second kappa shape index (κ2) is 8.95. The van der Waals surface area contributed by atoms with Gasteiger partial charge in [-0.25, -0.2) is 17.2 Å². The van der Waals surface area contributed by atoms with Crippen molar-refractivity contribution in [2.75, 3.05) is 17.5 Å². The molecule has 3 aromatic rings. The summed E-state index contributed by atoms with van der Waals surface area (Å²) < 4.78 is 130. The lowest BCUT2D eigenvalue weighted by molar-refractivity contribution is -0.137. The second-order valence-electron chi connectivity index (χ2n) is 7.31. The number of alkyl halides is 5. The first kappa shape index (κ1) is 24.6. The molecule has 1 aliphatic heterocycles. The molecule has 4 rings (SSSR count). The average molecular weight is 521 g/mol. The Morgan fingerprint density at radius 2 is 1.69 bits per heavy atom. The largest absolute Gasteiger partial charge is 0.486 e. The van der Waals surface area contributed by atoms with Gasteiger partial charge in [-0.05, 0) is 53.6 Å². The zero-order chi connectivity index (χ0) is 25.5. The fourth-order valence-corrected chi connectivity index (χ4v) is 5.03. The van der Waals surface area contributed by atoms with E-state index >= 15 is 0 Å². The van der Waals surface area contributed by atoms with Gasteiger partial charge in [-0.2, -0.15) is 22.0 Å². The number of halogens is 7. The van der Waals surface area contributed by atoms with Crippen LogP contribution in [0.4, 0.5) is 36.4 Å². The highest BCUT2D eigenvalue weighted by Crippen LogP contribution is 2.42. The van der Waals surface area contributed by atoms with Crippen LogP contribution >= 0.6 is 0 Å². The van der Waals surface area contributed by atoms with Crippen molar-refractivity contribution in [2.24, 2.45) is 0 Å². The van der Waals surface area contributed by atoms with Gasteiger partial charge in [-0.1, -0.05) is 6.07 Å². The van der Waals surface area contributed by atoms with Gasteiger partial charge in [0.15, 0.2) is 11.6 Å². The molecule has 0 aromatic heterocycles. The third-order valence-electron chi connectivity index (χ3n) is 5.01. The molecular weight excluding hydrogens is 507 g/mol. The Bertz CT molecular complexity index is 1380. The highest BCUT2D eigenvalue weighted by molar-refractivity contribution is 7.92. The Labute approximate surface area is 194 Å². The SMILES string of the molecule is O=S(=O)(c1cccc(C(F)(F)F)c1)N1CCOc2c(F)cc(-c3cc(F)cc(OC(F)F)c3)cc21. The maximum Gasteiger partial charge on any atom is 0.416 e. The number of sulfonamides is 1. The van der Waals surface area contributed by atoms with Crippen LogP contribution in [0.5, 0.6) is 11.5 Å². The number of fused-ring (bicyclic) bond motifs is 1. The van der Waals surface area contributed by atoms with Crippen molar-refractivity contribution in [3.63, 3.8) is 0 Å². The number of hydrogen-bond acceptors (Lipinski definition) is 4. The topological polar surface area (TPSA) is 55.8 Å². The minimum atomic E-state index is -4.80. The monoisotopic (exact) mass is 521 g/mol. The first-order chi connectivity index (χ1) is 16.4. The first-order valence-corrected chi connectivity index (χ1v) is 11.2. The van der Waals surface area contributed by atoms with E-state index < -0.39 is 56.4 Å². The van der Waals surface area contributed by atoms with Gasteiger partial charge in [-0.15, -0.1) is 0 Å². The minimum Gasteiger partial charge on any atom is -0.486 e. The summed E-state index contributed by atoms with van der Waals surface area (Å²) in [5.74, 6) is -3.09. The summed E-state index contributed by atoms with van der Waals surface area (Å²) in [5, 5.41) is 0. The summed E-state index contributed by atoms with van der Waals surface area (Å²) in [4.78, 5) is -0.690. The number of hydrogen-bond donors (Lipinski definition) is 0. The molecule has 0 saturated carbocycles. The molecule has 0 amide bonds. The molecule has 0 bridgehead atoms. The van der Waals surface area contributed by atoms with Crippen LogP contribution in [0, 0.1) is 11.6 Å². The van der Waals surface area contributed by atoms with E-state index in [9.17, 15) is 39.2 Å². The second-order valence-corrected chi connectivity index (χ2v) is 9.17. The van der Waals surface area contributed by atoms with Crippen LogP contribution in [0.3, 0.4) is 0 Å². The molecular formula is C22H14F7NO4S. The van der Waals surface area contributed by atoms with Crippen LogP contribution < -0.4 is 13.8 Å². The maximum atomic E-state index is 14.9. The normalized spacial score (nSPS) is 14.0. The average Bonchev–Trinajstić information content (AvgIpc) is 2.77. The molecule has 0 unspecified atom stereocenters. The van der Waals surface area contributed by atoms with Crippen LogP contribution in [0.25, 0.3) is 11.1 Å². The Balaban J connectivity index is 1.82. The van der Waals surface area contributed by atoms with Gasteiger partial charge in [0.05, 0.1) is 22.7 Å². The number of rotatable bonds is 5. The fourth-order valence-electron chi connectivity index (χ4n) is 3.53. The van der Waals surface area contributed by atoms with Gasteiger partial charge < -0.3 is 9.47 Å². The third kappa shape index (κ3) is 4.99. The maximum absolute atomic E-state index is 14.9. The highest BCUT2D eigenvalue weighted by atomic mass is 32.2. The quantitative estimate of drug-likeness (QED) is 0.396. The molecule has 13 heteroatoms. The van der Waals surface area contributed by atoms with E-state index in [1.807, 2.05) is 0 Å². The predicted molar refractivity (Wildman–Crippen MR) is 110 cm³/mol. The Hall–Kier alpha value is -3.48. The minimum absolute atomic E-state index is 0.116. The van der Waals surface area contributed by atoms with E-state index in [4.69, 9.17) is 4.74 Å². The summed E-state index contributed by atoms with van der Waals surface area (Å²) in [6.45, 7) is -3.92. The van der Waals surface area contributed by atoms with Gasteiger partial charge in [0, 0.05) is 6.07 Å². The molecule has 0 fully saturated rings. The van der Waals surface area contributed by atoms with Crippen molar-refractivity contribution < 1.29 is 48.6 Å². The molecule has 0 spiro atoms. The summed E-state index contributed by atoms with van der Waals surface area (Å²) >= 11 is 0. The Kier molecular flexibility index (Phi) is 6.30. The van der Waals surface area contributed by atoms with Gasteiger partial charge in [0.25, 0.3) is 10.0 Å². The Morgan fingerprint density at radius 1 is 0.971 bits per heavy atom. The van der Waals surface area contributed by atoms with E-state index in [0.29, 0.717) is 22.5 Å². The van der Waals surface area contributed by atoms with Crippen molar-refractivity contribution in [3.05, 3.63) is 71.8 Å². The van der Waals surface area contributed by atoms with Gasteiger partial charge in [0.2, 0.25) is 0 Å². The van der Waals surface area contributed by atoms with E-state index in [2.05, 4.69) is 4.74 Å². The van der Waals surface area contributed by atoms with Crippen molar-refractivity contribution >= 4 is 15.7 Å². The summed E-state index contributed by atoms with van der Waals surface area (Å²) in [7, 11) is -4.62. The molecule has 0 N–H and O–H groups in total. The van der Waals surface area contributed by atoms with E-state index in [1.54, 1.807) is 0 Å². The van der Waals surface area contributed by atoms with Crippen molar-refractivity contribution in [3.8, 4) is 22.6 Å². The van der Waals surface area contributed by atoms with Crippen LogP contribution in [-0.2, 0) is 16.2 Å². The van der Waals surface area contributed by atoms with Gasteiger partial charge in [-0.3, -0.25) is 4.31 Å². The van der Waals surface area contributed by atoms with Crippen LogP contribution in [0.1, 0.15) is 5.56 Å². The molecule has 186 valence electrons. The molecule has 5 nitrogen and oxygen atoms in total. The molecule has 0 aliphatic carbocycles. The zero-order valence-electron chi connectivity index (χ0n) is 17.3. The van der Waals surface area contributed by atoms with Crippen LogP contribution in [0.15, 0.2) is 59.5 Å². The van der Waals surface area contributed by atoms with Crippen molar-refractivity contribution in [1.29, 1.82) is 0 Å². The fraction of sp³-hybridized carbons (Fsp3) is 0.182. The van der Waals surface area contributed by atoms with Crippen LogP contribution in [0.2, 0.25) is 0 Å². The summed E-state index contributed by atoms with van der Waals surface area (Å²) in [5.41, 5.74) is -1.79. The molecule has 0 atom stereocenters. The molecule has 0 radical (unpaired) electrons.